The minimum absolute atomic E-state index is 0.131. The third-order valence-corrected chi connectivity index (χ3v) is 7.28. The van der Waals surface area contributed by atoms with Crippen molar-refractivity contribution < 1.29 is 22.6 Å². The van der Waals surface area contributed by atoms with Gasteiger partial charge in [-0.15, -0.1) is 0 Å². The molecular weight excluding hydrogens is 418 g/mol. The number of methoxy groups -OCH3 is 1. The predicted molar refractivity (Wildman–Crippen MR) is 117 cm³/mol. The molecule has 1 saturated heterocycles. The molecule has 0 aromatic heterocycles. The highest BCUT2D eigenvalue weighted by Crippen LogP contribution is 2.36. The minimum Gasteiger partial charge on any atom is -0.495 e. The summed E-state index contributed by atoms with van der Waals surface area (Å²) >= 11 is 0. The van der Waals surface area contributed by atoms with Crippen LogP contribution in [0.5, 0.6) is 17.2 Å². The molecule has 4 rings (SSSR count). The van der Waals surface area contributed by atoms with Crippen LogP contribution < -0.4 is 18.9 Å². The molecule has 2 aromatic carbocycles. The number of likely N-dealkylation sites (N-methyl/N-ethyl adjacent to an activating group) is 1. The third kappa shape index (κ3) is 4.79. The maximum absolute atomic E-state index is 13.2. The summed E-state index contributed by atoms with van der Waals surface area (Å²) in [4.78, 5) is 4.74. The molecule has 31 heavy (non-hydrogen) atoms. The van der Waals surface area contributed by atoms with Crippen LogP contribution in [0.15, 0.2) is 41.3 Å². The number of piperazine rings is 1. The Labute approximate surface area is 183 Å². The van der Waals surface area contributed by atoms with E-state index in [2.05, 4.69) is 21.6 Å². The van der Waals surface area contributed by atoms with Gasteiger partial charge in [-0.05, 0) is 49.4 Å². The Bertz CT molecular complexity index is 1040. The standard InChI is InChI=1S/C22H29N3O5S/c1-16-4-6-20(28-3)22(12-16)31(26,27)23-14-18(25-10-8-24(2)9-11-25)17-5-7-19-21(13-17)30-15-29-19/h4-7,12-13,18,23H,8-11,14-15H2,1-3H3/t18-/m0/s1. The Hall–Kier alpha value is -2.33. The minimum atomic E-state index is -3.76. The van der Waals surface area contributed by atoms with E-state index in [0.717, 1.165) is 37.3 Å². The maximum Gasteiger partial charge on any atom is 0.244 e. The Morgan fingerprint density at radius 3 is 2.55 bits per heavy atom. The van der Waals surface area contributed by atoms with E-state index in [-0.39, 0.29) is 24.3 Å². The topological polar surface area (TPSA) is 80.3 Å². The van der Waals surface area contributed by atoms with Gasteiger partial charge in [0.15, 0.2) is 11.5 Å². The summed E-state index contributed by atoms with van der Waals surface area (Å²) in [6.45, 7) is 5.87. The van der Waals surface area contributed by atoms with Crippen molar-refractivity contribution in [3.63, 3.8) is 0 Å². The highest BCUT2D eigenvalue weighted by molar-refractivity contribution is 7.89. The zero-order chi connectivity index (χ0) is 22.0. The number of fused-ring (bicyclic) bond motifs is 1. The van der Waals surface area contributed by atoms with E-state index in [1.165, 1.54) is 7.11 Å². The van der Waals surface area contributed by atoms with E-state index in [1.807, 2.05) is 31.2 Å². The molecule has 2 heterocycles. The van der Waals surface area contributed by atoms with Gasteiger partial charge in [-0.1, -0.05) is 12.1 Å². The van der Waals surface area contributed by atoms with Crippen molar-refractivity contribution in [1.82, 2.24) is 14.5 Å². The van der Waals surface area contributed by atoms with Crippen LogP contribution in [-0.2, 0) is 10.0 Å². The molecule has 0 saturated carbocycles. The Balaban J connectivity index is 1.60. The van der Waals surface area contributed by atoms with E-state index in [9.17, 15) is 8.42 Å². The second-order valence-corrected chi connectivity index (χ2v) is 9.71. The van der Waals surface area contributed by atoms with Crippen LogP contribution in [0.25, 0.3) is 0 Å². The van der Waals surface area contributed by atoms with Crippen LogP contribution >= 0.6 is 0 Å². The van der Waals surface area contributed by atoms with E-state index in [1.54, 1.807) is 12.1 Å². The normalized spacial score (nSPS) is 18.2. The number of sulfonamides is 1. The lowest BCUT2D eigenvalue weighted by molar-refractivity contribution is 0.112. The quantitative estimate of drug-likeness (QED) is 0.695. The van der Waals surface area contributed by atoms with Gasteiger partial charge in [-0.2, -0.15) is 0 Å². The number of benzene rings is 2. The molecule has 2 aliphatic rings. The monoisotopic (exact) mass is 447 g/mol. The molecule has 1 atom stereocenters. The van der Waals surface area contributed by atoms with Gasteiger partial charge in [0.2, 0.25) is 16.8 Å². The number of aryl methyl sites for hydroxylation is 1. The lowest BCUT2D eigenvalue weighted by Gasteiger charge is -2.38. The van der Waals surface area contributed by atoms with Crippen molar-refractivity contribution in [3.8, 4) is 17.2 Å². The summed E-state index contributed by atoms with van der Waals surface area (Å²) in [6.07, 6.45) is 0. The summed E-state index contributed by atoms with van der Waals surface area (Å²) in [5.74, 6) is 1.74. The zero-order valence-corrected chi connectivity index (χ0v) is 18.9. The number of rotatable bonds is 7. The van der Waals surface area contributed by atoms with Gasteiger partial charge in [0.1, 0.15) is 10.6 Å². The summed E-state index contributed by atoms with van der Waals surface area (Å²) in [5, 5.41) is 0. The molecule has 8 nitrogen and oxygen atoms in total. The second kappa shape index (κ2) is 9.04. The van der Waals surface area contributed by atoms with Crippen LogP contribution in [0, 0.1) is 6.92 Å². The molecule has 9 heteroatoms. The number of hydrogen-bond donors (Lipinski definition) is 1. The highest BCUT2D eigenvalue weighted by Gasteiger charge is 2.28. The fourth-order valence-electron chi connectivity index (χ4n) is 3.97. The molecular formula is C22H29N3O5S. The molecule has 0 unspecified atom stereocenters. The van der Waals surface area contributed by atoms with Crippen molar-refractivity contribution in [2.24, 2.45) is 0 Å². The third-order valence-electron chi connectivity index (χ3n) is 5.84. The Morgan fingerprint density at radius 1 is 1.06 bits per heavy atom. The van der Waals surface area contributed by atoms with Crippen molar-refractivity contribution in [2.75, 3.05) is 53.7 Å². The number of ether oxygens (including phenoxy) is 3. The summed E-state index contributed by atoms with van der Waals surface area (Å²) < 4.78 is 45.4. The van der Waals surface area contributed by atoms with E-state index in [0.29, 0.717) is 17.2 Å². The van der Waals surface area contributed by atoms with Crippen LogP contribution in [0.2, 0.25) is 0 Å². The van der Waals surface area contributed by atoms with E-state index < -0.39 is 10.0 Å². The number of nitrogens with zero attached hydrogens (tertiary/aromatic N) is 2. The van der Waals surface area contributed by atoms with Gasteiger partial charge in [-0.25, -0.2) is 13.1 Å². The molecule has 0 amide bonds. The largest absolute Gasteiger partial charge is 0.495 e. The highest BCUT2D eigenvalue weighted by atomic mass is 32.2. The van der Waals surface area contributed by atoms with Gasteiger partial charge in [0.25, 0.3) is 0 Å². The van der Waals surface area contributed by atoms with Gasteiger partial charge in [0, 0.05) is 38.8 Å². The first-order chi connectivity index (χ1) is 14.9. The van der Waals surface area contributed by atoms with Gasteiger partial charge in [0.05, 0.1) is 7.11 Å². The lowest BCUT2D eigenvalue weighted by Crippen LogP contribution is -2.48. The summed E-state index contributed by atoms with van der Waals surface area (Å²) in [6, 6.07) is 10.8. The first kappa shape index (κ1) is 21.9. The lowest BCUT2D eigenvalue weighted by atomic mass is 10.0. The summed E-state index contributed by atoms with van der Waals surface area (Å²) in [7, 11) is -0.185. The number of nitrogens with one attached hydrogen (secondary N) is 1. The molecule has 2 aromatic rings. The maximum atomic E-state index is 13.2. The molecule has 0 radical (unpaired) electrons. The zero-order valence-electron chi connectivity index (χ0n) is 18.1. The molecule has 2 aliphatic heterocycles. The van der Waals surface area contributed by atoms with Crippen LogP contribution in [0.4, 0.5) is 0 Å². The molecule has 0 aliphatic carbocycles. The van der Waals surface area contributed by atoms with Gasteiger partial charge in [-0.3, -0.25) is 4.90 Å². The number of hydrogen-bond acceptors (Lipinski definition) is 7. The Morgan fingerprint density at radius 2 is 1.81 bits per heavy atom. The Kier molecular flexibility index (Phi) is 6.38. The van der Waals surface area contributed by atoms with Gasteiger partial charge < -0.3 is 19.1 Å². The second-order valence-electron chi connectivity index (χ2n) is 7.97. The smallest absolute Gasteiger partial charge is 0.244 e. The summed E-state index contributed by atoms with van der Waals surface area (Å²) in [5.41, 5.74) is 1.85. The first-order valence-corrected chi connectivity index (χ1v) is 11.8. The molecule has 0 bridgehead atoms. The SMILES string of the molecule is COc1ccc(C)cc1S(=O)(=O)NC[C@@H](c1ccc2c(c1)OCO2)N1CCN(C)CC1. The first-order valence-electron chi connectivity index (χ1n) is 10.3. The van der Waals surface area contributed by atoms with Crippen molar-refractivity contribution >= 4 is 10.0 Å². The van der Waals surface area contributed by atoms with E-state index >= 15 is 0 Å². The molecule has 1 fully saturated rings. The van der Waals surface area contributed by atoms with Crippen LogP contribution in [0.1, 0.15) is 17.2 Å². The molecule has 1 N–H and O–H groups in total. The fourth-order valence-corrected chi connectivity index (χ4v) is 5.26. The average molecular weight is 448 g/mol. The van der Waals surface area contributed by atoms with Crippen molar-refractivity contribution in [3.05, 3.63) is 47.5 Å². The predicted octanol–water partition coefficient (Wildman–Crippen LogP) is 2.00. The fraction of sp³-hybridized carbons (Fsp3) is 0.455. The van der Waals surface area contributed by atoms with Crippen molar-refractivity contribution in [2.45, 2.75) is 17.9 Å². The van der Waals surface area contributed by atoms with Crippen LogP contribution in [0.3, 0.4) is 0 Å². The van der Waals surface area contributed by atoms with E-state index in [4.69, 9.17) is 14.2 Å². The van der Waals surface area contributed by atoms with Crippen LogP contribution in [-0.4, -0.2) is 71.9 Å². The van der Waals surface area contributed by atoms with Crippen molar-refractivity contribution in [1.29, 1.82) is 0 Å². The molecule has 0 spiro atoms. The average Bonchev–Trinajstić information content (AvgIpc) is 3.23. The van der Waals surface area contributed by atoms with Gasteiger partial charge >= 0.3 is 0 Å². The molecule has 168 valence electrons.